The summed E-state index contributed by atoms with van der Waals surface area (Å²) in [6.45, 7) is 0.658. The van der Waals surface area contributed by atoms with E-state index in [4.69, 9.17) is 0 Å². The summed E-state index contributed by atoms with van der Waals surface area (Å²) in [5, 5.41) is -0.0616. The van der Waals surface area contributed by atoms with E-state index >= 15 is 0 Å². The largest absolute Gasteiger partial charge is 0.329 e. The van der Waals surface area contributed by atoms with Crippen LogP contribution < -0.4 is 0 Å². The first-order valence-corrected chi connectivity index (χ1v) is 9.32. The molecule has 3 aromatic carbocycles. The number of rotatable bonds is 5. The lowest BCUT2D eigenvalue weighted by Gasteiger charge is -2.47. The zero-order chi connectivity index (χ0) is 17.1. The van der Waals surface area contributed by atoms with Crippen molar-refractivity contribution in [1.29, 1.82) is 0 Å². The molecule has 0 saturated carbocycles. The normalized spacial score (nSPS) is 19.5. The van der Waals surface area contributed by atoms with E-state index in [0.29, 0.717) is 6.54 Å². The summed E-state index contributed by atoms with van der Waals surface area (Å²) in [4.78, 5) is 16.0. The van der Waals surface area contributed by atoms with Crippen LogP contribution in [0.4, 0.5) is 0 Å². The topological polar surface area (TPSA) is 20.3 Å². The van der Waals surface area contributed by atoms with Crippen LogP contribution in [-0.2, 0) is 11.3 Å². The molecule has 3 heteroatoms. The Balaban J connectivity index is 1.60. The van der Waals surface area contributed by atoms with Crippen LogP contribution in [0.15, 0.2) is 95.9 Å². The number of amides is 1. The number of hydrogen-bond donors (Lipinski definition) is 0. The first-order valence-electron chi connectivity index (χ1n) is 8.44. The molecule has 1 aliphatic rings. The van der Waals surface area contributed by atoms with Crippen LogP contribution in [0.5, 0.6) is 0 Å². The highest BCUT2D eigenvalue weighted by Crippen LogP contribution is 2.45. The molecule has 0 bridgehead atoms. The van der Waals surface area contributed by atoms with Gasteiger partial charge >= 0.3 is 0 Å². The van der Waals surface area contributed by atoms with E-state index in [0.717, 1.165) is 4.90 Å². The van der Waals surface area contributed by atoms with Crippen molar-refractivity contribution >= 4 is 17.7 Å². The van der Waals surface area contributed by atoms with Crippen molar-refractivity contribution in [1.82, 2.24) is 4.90 Å². The average Bonchev–Trinajstić information content (AvgIpc) is 2.69. The molecule has 1 saturated heterocycles. The van der Waals surface area contributed by atoms with E-state index in [9.17, 15) is 4.79 Å². The first kappa shape index (κ1) is 16.0. The van der Waals surface area contributed by atoms with Crippen LogP contribution in [0.2, 0.25) is 0 Å². The number of carbonyl (C=O) groups excluding carboxylic acids is 1. The lowest BCUT2D eigenvalue weighted by molar-refractivity contribution is -0.146. The van der Waals surface area contributed by atoms with E-state index in [1.54, 1.807) is 11.8 Å². The third-order valence-electron chi connectivity index (χ3n) is 4.49. The van der Waals surface area contributed by atoms with Gasteiger partial charge in [0.05, 0.1) is 6.04 Å². The second kappa shape index (κ2) is 7.16. The predicted octanol–water partition coefficient (Wildman–Crippen LogP) is 4.93. The summed E-state index contributed by atoms with van der Waals surface area (Å²) in [6.07, 6.45) is 0. The number of carbonyl (C=O) groups is 1. The van der Waals surface area contributed by atoms with Gasteiger partial charge in [0.25, 0.3) is 0 Å². The maximum atomic E-state index is 12.9. The van der Waals surface area contributed by atoms with Crippen molar-refractivity contribution in [3.8, 4) is 0 Å². The lowest BCUT2D eigenvalue weighted by atomic mass is 9.92. The molecular formula is C22H19NOS. The fourth-order valence-corrected chi connectivity index (χ4v) is 4.52. The molecular weight excluding hydrogens is 326 g/mol. The Morgan fingerprint density at radius 3 is 1.96 bits per heavy atom. The summed E-state index contributed by atoms with van der Waals surface area (Å²) in [7, 11) is 0. The molecule has 25 heavy (non-hydrogen) atoms. The van der Waals surface area contributed by atoms with Gasteiger partial charge in [0, 0.05) is 11.4 Å². The second-order valence-electron chi connectivity index (χ2n) is 6.16. The highest BCUT2D eigenvalue weighted by Gasteiger charge is 2.48. The molecule has 0 N–H and O–H groups in total. The molecule has 2 atom stereocenters. The molecule has 0 aromatic heterocycles. The van der Waals surface area contributed by atoms with Gasteiger partial charge in [-0.1, -0.05) is 78.9 Å². The molecule has 1 fully saturated rings. The summed E-state index contributed by atoms with van der Waals surface area (Å²) < 4.78 is 0. The van der Waals surface area contributed by atoms with Crippen LogP contribution in [0, 0.1) is 0 Å². The van der Waals surface area contributed by atoms with Gasteiger partial charge in [0.1, 0.15) is 5.25 Å². The quantitative estimate of drug-likeness (QED) is 0.611. The molecule has 0 aliphatic carbocycles. The molecule has 0 unspecified atom stereocenters. The van der Waals surface area contributed by atoms with Gasteiger partial charge < -0.3 is 4.90 Å². The molecule has 1 heterocycles. The zero-order valence-electron chi connectivity index (χ0n) is 13.8. The van der Waals surface area contributed by atoms with Gasteiger partial charge in [-0.2, -0.15) is 0 Å². The molecule has 3 aromatic rings. The number of β-lactam (4-membered cyclic amide) rings is 1. The molecule has 0 spiro atoms. The third-order valence-corrected chi connectivity index (χ3v) is 5.75. The van der Waals surface area contributed by atoms with E-state index in [1.807, 2.05) is 59.5 Å². The fraction of sp³-hybridized carbons (Fsp3) is 0.136. The van der Waals surface area contributed by atoms with Crippen molar-refractivity contribution in [3.63, 3.8) is 0 Å². The smallest absolute Gasteiger partial charge is 0.239 e. The SMILES string of the molecule is O=C1[C@@H](Sc2ccccc2)[C@@H](c2ccccc2)N1Cc1ccccc1. The highest BCUT2D eigenvalue weighted by atomic mass is 32.2. The number of nitrogens with zero attached hydrogens (tertiary/aromatic N) is 1. The van der Waals surface area contributed by atoms with Gasteiger partial charge in [0.2, 0.25) is 5.91 Å². The van der Waals surface area contributed by atoms with Gasteiger partial charge in [-0.05, 0) is 23.3 Å². The van der Waals surface area contributed by atoms with Crippen molar-refractivity contribution in [2.24, 2.45) is 0 Å². The molecule has 2 nitrogen and oxygen atoms in total. The Kier molecular flexibility index (Phi) is 4.57. The highest BCUT2D eigenvalue weighted by molar-refractivity contribution is 8.00. The second-order valence-corrected chi connectivity index (χ2v) is 7.37. The Labute approximate surface area is 152 Å². The number of hydrogen-bond acceptors (Lipinski definition) is 2. The van der Waals surface area contributed by atoms with E-state index in [1.165, 1.54) is 11.1 Å². The maximum Gasteiger partial charge on any atom is 0.239 e. The van der Waals surface area contributed by atoms with Crippen LogP contribution in [0.25, 0.3) is 0 Å². The van der Waals surface area contributed by atoms with Gasteiger partial charge in [-0.25, -0.2) is 0 Å². The van der Waals surface area contributed by atoms with Gasteiger partial charge in [-0.3, -0.25) is 4.79 Å². The van der Waals surface area contributed by atoms with E-state index in [2.05, 4.69) is 36.4 Å². The molecule has 4 rings (SSSR count). The van der Waals surface area contributed by atoms with Crippen molar-refractivity contribution in [2.45, 2.75) is 22.7 Å². The third kappa shape index (κ3) is 3.33. The van der Waals surface area contributed by atoms with Crippen LogP contribution in [0.3, 0.4) is 0 Å². The first-order chi connectivity index (χ1) is 12.3. The van der Waals surface area contributed by atoms with Gasteiger partial charge in [0.15, 0.2) is 0 Å². The Morgan fingerprint density at radius 1 is 0.760 bits per heavy atom. The Bertz CT molecular complexity index is 784. The summed E-state index contributed by atoms with van der Waals surface area (Å²) >= 11 is 1.66. The van der Waals surface area contributed by atoms with Crippen molar-refractivity contribution in [2.75, 3.05) is 0 Å². The summed E-state index contributed by atoms with van der Waals surface area (Å²) in [5.74, 6) is 0.214. The fourth-order valence-electron chi connectivity index (χ4n) is 3.24. The van der Waals surface area contributed by atoms with Gasteiger partial charge in [-0.15, -0.1) is 11.8 Å². The zero-order valence-corrected chi connectivity index (χ0v) is 14.6. The standard InChI is InChI=1S/C22H19NOS/c24-22-21(25-19-14-8-3-9-15-19)20(18-12-6-2-7-13-18)23(22)16-17-10-4-1-5-11-17/h1-15,20-21H,16H2/t20-,21+/m1/s1. The van der Waals surface area contributed by atoms with Crippen molar-refractivity contribution in [3.05, 3.63) is 102 Å². The number of likely N-dealkylation sites (tertiary alicyclic amines) is 1. The minimum absolute atomic E-state index is 0.0616. The predicted molar refractivity (Wildman–Crippen MR) is 102 cm³/mol. The van der Waals surface area contributed by atoms with Crippen LogP contribution in [-0.4, -0.2) is 16.1 Å². The van der Waals surface area contributed by atoms with E-state index < -0.39 is 0 Å². The Morgan fingerprint density at radius 2 is 1.32 bits per heavy atom. The maximum absolute atomic E-state index is 12.9. The molecule has 1 aliphatic heterocycles. The lowest BCUT2D eigenvalue weighted by Crippen LogP contribution is -2.56. The average molecular weight is 345 g/mol. The van der Waals surface area contributed by atoms with Crippen molar-refractivity contribution < 1.29 is 4.79 Å². The molecule has 1 amide bonds. The van der Waals surface area contributed by atoms with Crippen LogP contribution >= 0.6 is 11.8 Å². The minimum Gasteiger partial charge on any atom is -0.329 e. The monoisotopic (exact) mass is 345 g/mol. The number of benzene rings is 3. The molecule has 0 radical (unpaired) electrons. The Hall–Kier alpha value is -2.52. The number of thioether (sulfide) groups is 1. The molecule has 124 valence electrons. The van der Waals surface area contributed by atoms with Crippen LogP contribution in [0.1, 0.15) is 17.2 Å². The summed E-state index contributed by atoms with van der Waals surface area (Å²) in [6, 6.07) is 30.8. The minimum atomic E-state index is -0.0616. The summed E-state index contributed by atoms with van der Waals surface area (Å²) in [5.41, 5.74) is 2.37. The van der Waals surface area contributed by atoms with E-state index in [-0.39, 0.29) is 17.2 Å².